The van der Waals surface area contributed by atoms with Gasteiger partial charge in [-0.2, -0.15) is 0 Å². The molecule has 0 aliphatic heterocycles. The van der Waals surface area contributed by atoms with Crippen LogP contribution in [0.4, 0.5) is 4.79 Å². The van der Waals surface area contributed by atoms with Crippen molar-refractivity contribution in [3.8, 4) is 0 Å². The smallest absolute Gasteiger partial charge is 0.315 e. The molecule has 1 atom stereocenters. The molecule has 1 aromatic carbocycles. The average molecular weight is 337 g/mol. The minimum atomic E-state index is -0.352. The molecule has 2 amide bonds. The average Bonchev–Trinajstić information content (AvgIpc) is 2.96. The molecule has 2 rings (SSSR count). The van der Waals surface area contributed by atoms with Gasteiger partial charge < -0.3 is 19.9 Å². The maximum atomic E-state index is 12.1. The second kappa shape index (κ2) is 8.55. The zero-order chi connectivity index (χ0) is 16.7. The Hall–Kier alpha value is -2.05. The lowest BCUT2D eigenvalue weighted by Gasteiger charge is -2.19. The van der Waals surface area contributed by atoms with Gasteiger partial charge in [-0.25, -0.2) is 9.78 Å². The van der Waals surface area contributed by atoms with E-state index in [4.69, 9.17) is 16.3 Å². The number of nitrogens with one attached hydrogen (secondary N) is 2. The summed E-state index contributed by atoms with van der Waals surface area (Å²) in [6, 6.07) is 6.76. The first-order chi connectivity index (χ1) is 11.1. The number of halogens is 1. The van der Waals surface area contributed by atoms with Crippen molar-refractivity contribution in [2.75, 3.05) is 20.3 Å². The van der Waals surface area contributed by atoms with Gasteiger partial charge in [0.1, 0.15) is 11.9 Å². The summed E-state index contributed by atoms with van der Waals surface area (Å²) in [6.45, 7) is 1.16. The van der Waals surface area contributed by atoms with Crippen molar-refractivity contribution < 1.29 is 9.53 Å². The molecule has 0 bridgehead atoms. The van der Waals surface area contributed by atoms with E-state index in [0.29, 0.717) is 18.2 Å². The third-order valence-corrected chi connectivity index (χ3v) is 3.66. The minimum Gasteiger partial charge on any atom is -0.385 e. The molecule has 124 valence electrons. The molecule has 0 aliphatic carbocycles. The van der Waals surface area contributed by atoms with E-state index < -0.39 is 0 Å². The Morgan fingerprint density at radius 2 is 2.13 bits per heavy atom. The number of rotatable bonds is 7. The quantitative estimate of drug-likeness (QED) is 0.763. The highest BCUT2D eigenvalue weighted by Crippen LogP contribution is 2.22. The molecular formula is C16H21ClN4O2. The molecule has 0 fully saturated rings. The van der Waals surface area contributed by atoms with Crippen molar-refractivity contribution in [2.24, 2.45) is 7.05 Å². The van der Waals surface area contributed by atoms with Crippen LogP contribution in [-0.4, -0.2) is 35.8 Å². The van der Waals surface area contributed by atoms with Crippen molar-refractivity contribution in [3.63, 3.8) is 0 Å². The van der Waals surface area contributed by atoms with Crippen LogP contribution in [0, 0.1) is 0 Å². The van der Waals surface area contributed by atoms with Gasteiger partial charge in [0, 0.05) is 44.7 Å². The number of nitrogens with zero attached hydrogens (tertiary/aromatic N) is 2. The SMILES string of the molecule is COCCCNC(=O)N[C@H](c1ccc(Cl)cc1)c1nccn1C. The van der Waals surface area contributed by atoms with Crippen LogP contribution in [0.3, 0.4) is 0 Å². The number of hydrogen-bond donors (Lipinski definition) is 2. The van der Waals surface area contributed by atoms with E-state index in [1.54, 1.807) is 25.4 Å². The molecule has 0 radical (unpaired) electrons. The van der Waals surface area contributed by atoms with E-state index in [9.17, 15) is 4.79 Å². The Kier molecular flexibility index (Phi) is 6.43. The predicted molar refractivity (Wildman–Crippen MR) is 89.5 cm³/mol. The van der Waals surface area contributed by atoms with Gasteiger partial charge in [0.25, 0.3) is 0 Å². The minimum absolute atomic E-state index is 0.246. The number of aryl methyl sites for hydroxylation is 1. The largest absolute Gasteiger partial charge is 0.385 e. The Balaban J connectivity index is 2.10. The monoisotopic (exact) mass is 336 g/mol. The Labute approximate surface area is 140 Å². The van der Waals surface area contributed by atoms with E-state index in [1.807, 2.05) is 29.9 Å². The van der Waals surface area contributed by atoms with Crippen LogP contribution >= 0.6 is 11.6 Å². The summed E-state index contributed by atoms with van der Waals surface area (Å²) >= 11 is 5.94. The lowest BCUT2D eigenvalue weighted by Crippen LogP contribution is -2.39. The summed E-state index contributed by atoms with van der Waals surface area (Å²) in [5.74, 6) is 0.749. The van der Waals surface area contributed by atoms with Gasteiger partial charge >= 0.3 is 6.03 Å². The van der Waals surface area contributed by atoms with Crippen molar-refractivity contribution in [2.45, 2.75) is 12.5 Å². The number of imidazole rings is 1. The van der Waals surface area contributed by atoms with Crippen LogP contribution in [0.1, 0.15) is 23.9 Å². The van der Waals surface area contributed by atoms with Gasteiger partial charge in [-0.05, 0) is 24.1 Å². The molecule has 1 heterocycles. The number of urea groups is 1. The molecule has 6 nitrogen and oxygen atoms in total. The topological polar surface area (TPSA) is 68.2 Å². The fourth-order valence-corrected chi connectivity index (χ4v) is 2.33. The summed E-state index contributed by atoms with van der Waals surface area (Å²) in [6.07, 6.45) is 4.31. The first-order valence-electron chi connectivity index (χ1n) is 7.38. The molecule has 0 unspecified atom stereocenters. The number of aromatic nitrogens is 2. The summed E-state index contributed by atoms with van der Waals surface area (Å²) < 4.78 is 6.84. The fraction of sp³-hybridized carbons (Fsp3) is 0.375. The standard InChI is InChI=1S/C16H21ClN4O2/c1-21-10-9-18-15(21)14(12-4-6-13(17)7-5-12)20-16(22)19-8-3-11-23-2/h4-7,9-10,14H,3,8,11H2,1-2H3,(H2,19,20,22)/t14-/m1/s1. The van der Waals surface area contributed by atoms with Gasteiger partial charge in [-0.1, -0.05) is 23.7 Å². The van der Waals surface area contributed by atoms with Gasteiger partial charge in [0.15, 0.2) is 0 Å². The molecule has 0 saturated carbocycles. The van der Waals surface area contributed by atoms with Gasteiger partial charge in [-0.3, -0.25) is 0 Å². The third-order valence-electron chi connectivity index (χ3n) is 3.41. The normalized spacial score (nSPS) is 12.0. The maximum absolute atomic E-state index is 12.1. The maximum Gasteiger partial charge on any atom is 0.315 e. The molecule has 0 spiro atoms. The van der Waals surface area contributed by atoms with E-state index in [1.165, 1.54) is 0 Å². The van der Waals surface area contributed by atoms with Gasteiger partial charge in [0.2, 0.25) is 0 Å². The van der Waals surface area contributed by atoms with Crippen LogP contribution in [0.15, 0.2) is 36.7 Å². The number of carbonyl (C=O) groups is 1. The van der Waals surface area contributed by atoms with Crippen LogP contribution in [0.2, 0.25) is 5.02 Å². The number of hydrogen-bond acceptors (Lipinski definition) is 3. The first kappa shape index (κ1) is 17.3. The van der Waals surface area contributed by atoms with E-state index in [-0.39, 0.29) is 12.1 Å². The van der Waals surface area contributed by atoms with Crippen LogP contribution in [0.5, 0.6) is 0 Å². The highest BCUT2D eigenvalue weighted by atomic mass is 35.5. The van der Waals surface area contributed by atoms with Crippen LogP contribution < -0.4 is 10.6 Å². The zero-order valence-corrected chi connectivity index (χ0v) is 14.0. The Morgan fingerprint density at radius 1 is 1.39 bits per heavy atom. The second-order valence-corrected chi connectivity index (χ2v) is 5.56. The van der Waals surface area contributed by atoms with Crippen molar-refractivity contribution >= 4 is 17.6 Å². The van der Waals surface area contributed by atoms with E-state index in [2.05, 4.69) is 15.6 Å². The Morgan fingerprint density at radius 3 is 2.74 bits per heavy atom. The van der Waals surface area contributed by atoms with E-state index in [0.717, 1.165) is 17.8 Å². The van der Waals surface area contributed by atoms with Gasteiger partial charge in [-0.15, -0.1) is 0 Å². The third kappa shape index (κ3) is 4.97. The van der Waals surface area contributed by atoms with E-state index >= 15 is 0 Å². The predicted octanol–water partition coefficient (Wildman–Crippen LogP) is 2.50. The summed E-state index contributed by atoms with van der Waals surface area (Å²) in [7, 11) is 3.53. The van der Waals surface area contributed by atoms with Gasteiger partial charge in [0.05, 0.1) is 0 Å². The number of amides is 2. The highest BCUT2D eigenvalue weighted by Gasteiger charge is 2.20. The molecular weight excluding hydrogens is 316 g/mol. The van der Waals surface area contributed by atoms with Crippen molar-refractivity contribution in [1.82, 2.24) is 20.2 Å². The number of carbonyl (C=O) groups excluding carboxylic acids is 1. The second-order valence-electron chi connectivity index (χ2n) is 5.13. The number of ether oxygens (including phenoxy) is 1. The van der Waals surface area contributed by atoms with Crippen LogP contribution in [-0.2, 0) is 11.8 Å². The lowest BCUT2D eigenvalue weighted by molar-refractivity contribution is 0.193. The molecule has 1 aromatic heterocycles. The lowest BCUT2D eigenvalue weighted by atomic mass is 10.1. The fourth-order valence-electron chi connectivity index (χ4n) is 2.21. The number of methoxy groups -OCH3 is 1. The molecule has 7 heteroatoms. The Bertz CT molecular complexity index is 627. The van der Waals surface area contributed by atoms with Crippen LogP contribution in [0.25, 0.3) is 0 Å². The zero-order valence-electron chi connectivity index (χ0n) is 13.3. The summed E-state index contributed by atoms with van der Waals surface area (Å²) in [5, 5.41) is 6.42. The number of benzene rings is 1. The molecule has 23 heavy (non-hydrogen) atoms. The van der Waals surface area contributed by atoms with Crippen molar-refractivity contribution in [1.29, 1.82) is 0 Å². The van der Waals surface area contributed by atoms with Crippen molar-refractivity contribution in [3.05, 3.63) is 53.1 Å². The molecule has 0 saturated heterocycles. The molecule has 0 aliphatic rings. The summed E-state index contributed by atoms with van der Waals surface area (Å²) in [5.41, 5.74) is 0.913. The molecule has 2 aromatic rings. The molecule has 2 N–H and O–H groups in total. The first-order valence-corrected chi connectivity index (χ1v) is 7.75. The summed E-state index contributed by atoms with van der Waals surface area (Å²) in [4.78, 5) is 16.5. The highest BCUT2D eigenvalue weighted by molar-refractivity contribution is 6.30.